The average Bonchev–Trinajstić information content (AvgIpc) is 2.26. The van der Waals surface area contributed by atoms with Crippen molar-refractivity contribution in [2.24, 2.45) is 0 Å². The molecule has 1 aromatic rings. The molecule has 0 aromatic carbocycles. The molecule has 0 aliphatic heterocycles. The number of carbonyl (C=O) groups excluding carboxylic acids is 1. The molecule has 88 valence electrons. The lowest BCUT2D eigenvalue weighted by atomic mass is 9.98. The van der Waals surface area contributed by atoms with Crippen LogP contribution < -0.4 is 5.32 Å². The van der Waals surface area contributed by atoms with Gasteiger partial charge in [0.05, 0.1) is 5.92 Å². The summed E-state index contributed by atoms with van der Waals surface area (Å²) < 4.78 is 37.7. The third kappa shape index (κ3) is 2.50. The van der Waals surface area contributed by atoms with Crippen LogP contribution in [0.25, 0.3) is 0 Å². The summed E-state index contributed by atoms with van der Waals surface area (Å²) in [5.41, 5.74) is -1.12. The van der Waals surface area contributed by atoms with Gasteiger partial charge in [0.2, 0.25) is 5.91 Å². The molecule has 0 saturated heterocycles. The number of aromatic nitrogens is 1. The standard InChI is InChI=1S/C10H11F3N2O/c1-6(9(16)14-2)7-4-3-5-15-8(7)10(11,12)13/h3-6H,1-2H3,(H,14,16). The van der Waals surface area contributed by atoms with Crippen molar-refractivity contribution >= 4 is 5.91 Å². The molecule has 1 N–H and O–H groups in total. The minimum Gasteiger partial charge on any atom is -0.359 e. The van der Waals surface area contributed by atoms with Crippen LogP contribution in [0.3, 0.4) is 0 Å². The van der Waals surface area contributed by atoms with E-state index in [9.17, 15) is 18.0 Å². The molecule has 1 unspecified atom stereocenters. The Morgan fingerprint density at radius 2 is 2.12 bits per heavy atom. The maximum absolute atomic E-state index is 12.6. The Balaban J connectivity index is 3.19. The quantitative estimate of drug-likeness (QED) is 0.846. The molecule has 1 amide bonds. The van der Waals surface area contributed by atoms with Crippen molar-refractivity contribution in [3.8, 4) is 0 Å². The van der Waals surface area contributed by atoms with Gasteiger partial charge in [0.25, 0.3) is 0 Å². The molecule has 0 bridgehead atoms. The normalized spacial score (nSPS) is 13.3. The maximum Gasteiger partial charge on any atom is 0.433 e. The first kappa shape index (κ1) is 12.5. The molecular weight excluding hydrogens is 221 g/mol. The second-order valence-corrected chi connectivity index (χ2v) is 3.27. The molecule has 1 heterocycles. The molecule has 1 rings (SSSR count). The van der Waals surface area contributed by atoms with Crippen molar-refractivity contribution in [1.29, 1.82) is 0 Å². The Labute approximate surface area is 90.7 Å². The average molecular weight is 232 g/mol. The molecule has 0 aliphatic rings. The highest BCUT2D eigenvalue weighted by Crippen LogP contribution is 2.33. The third-order valence-electron chi connectivity index (χ3n) is 2.21. The minimum atomic E-state index is -4.54. The lowest BCUT2D eigenvalue weighted by Gasteiger charge is -2.15. The van der Waals surface area contributed by atoms with Gasteiger partial charge in [-0.15, -0.1) is 0 Å². The zero-order valence-corrected chi connectivity index (χ0v) is 8.80. The minimum absolute atomic E-state index is 0.116. The van der Waals surface area contributed by atoms with Crippen LogP contribution in [0.2, 0.25) is 0 Å². The Morgan fingerprint density at radius 1 is 1.50 bits per heavy atom. The van der Waals surface area contributed by atoms with Crippen LogP contribution in [0.5, 0.6) is 0 Å². The van der Waals surface area contributed by atoms with Gasteiger partial charge in [-0.05, 0) is 18.6 Å². The molecule has 0 fully saturated rings. The molecule has 0 saturated carbocycles. The van der Waals surface area contributed by atoms with E-state index < -0.39 is 23.7 Å². The van der Waals surface area contributed by atoms with Gasteiger partial charge < -0.3 is 5.32 Å². The number of alkyl halides is 3. The van der Waals surface area contributed by atoms with E-state index in [1.165, 1.54) is 26.1 Å². The van der Waals surface area contributed by atoms with E-state index in [0.29, 0.717) is 0 Å². The van der Waals surface area contributed by atoms with E-state index in [1.807, 2.05) is 0 Å². The van der Waals surface area contributed by atoms with Crippen LogP contribution in [-0.4, -0.2) is 17.9 Å². The predicted molar refractivity (Wildman–Crippen MR) is 51.7 cm³/mol. The number of amides is 1. The highest BCUT2D eigenvalue weighted by Gasteiger charge is 2.37. The fraction of sp³-hybridized carbons (Fsp3) is 0.400. The van der Waals surface area contributed by atoms with Gasteiger partial charge in [-0.1, -0.05) is 6.07 Å². The molecule has 3 nitrogen and oxygen atoms in total. The van der Waals surface area contributed by atoms with Crippen molar-refractivity contribution in [3.05, 3.63) is 29.6 Å². The van der Waals surface area contributed by atoms with E-state index >= 15 is 0 Å². The summed E-state index contributed by atoms with van der Waals surface area (Å²) in [5, 5.41) is 2.31. The van der Waals surface area contributed by atoms with Crippen LogP contribution in [0.1, 0.15) is 24.1 Å². The SMILES string of the molecule is CNC(=O)C(C)c1cccnc1C(F)(F)F. The number of carbonyl (C=O) groups is 1. The number of hydrogen-bond acceptors (Lipinski definition) is 2. The van der Waals surface area contributed by atoms with E-state index in [1.54, 1.807) is 0 Å². The Hall–Kier alpha value is -1.59. The zero-order valence-electron chi connectivity index (χ0n) is 8.80. The molecule has 1 aromatic heterocycles. The van der Waals surface area contributed by atoms with Crippen molar-refractivity contribution in [3.63, 3.8) is 0 Å². The van der Waals surface area contributed by atoms with E-state index in [2.05, 4.69) is 10.3 Å². The molecule has 1 atom stereocenters. The van der Waals surface area contributed by atoms with E-state index in [4.69, 9.17) is 0 Å². The predicted octanol–water partition coefficient (Wildman–Crippen LogP) is 1.95. The summed E-state index contributed by atoms with van der Waals surface area (Å²) in [5.74, 6) is -1.35. The molecule has 6 heteroatoms. The third-order valence-corrected chi connectivity index (χ3v) is 2.21. The van der Waals surface area contributed by atoms with Gasteiger partial charge in [-0.2, -0.15) is 13.2 Å². The number of rotatable bonds is 2. The number of halogens is 3. The molecule has 0 radical (unpaired) electrons. The first-order valence-corrected chi connectivity index (χ1v) is 4.61. The first-order valence-electron chi connectivity index (χ1n) is 4.61. The molecule has 0 aliphatic carbocycles. The summed E-state index contributed by atoms with van der Waals surface area (Å²) in [7, 11) is 1.38. The van der Waals surface area contributed by atoms with Gasteiger partial charge in [-0.3, -0.25) is 9.78 Å². The largest absolute Gasteiger partial charge is 0.433 e. The fourth-order valence-electron chi connectivity index (χ4n) is 1.36. The van der Waals surface area contributed by atoms with Crippen molar-refractivity contribution < 1.29 is 18.0 Å². The van der Waals surface area contributed by atoms with Gasteiger partial charge in [0, 0.05) is 13.2 Å². The Kier molecular flexibility index (Phi) is 3.51. The van der Waals surface area contributed by atoms with Crippen molar-refractivity contribution in [2.45, 2.75) is 19.0 Å². The van der Waals surface area contributed by atoms with Crippen molar-refractivity contribution in [2.75, 3.05) is 7.05 Å². The summed E-state index contributed by atoms with van der Waals surface area (Å²) in [6.45, 7) is 1.41. The van der Waals surface area contributed by atoms with Crippen molar-refractivity contribution in [1.82, 2.24) is 10.3 Å². The highest BCUT2D eigenvalue weighted by molar-refractivity contribution is 5.83. The van der Waals surface area contributed by atoms with Gasteiger partial charge in [-0.25, -0.2) is 0 Å². The van der Waals surface area contributed by atoms with Gasteiger partial charge in [0.15, 0.2) is 0 Å². The summed E-state index contributed by atoms with van der Waals surface area (Å²) in [4.78, 5) is 14.6. The van der Waals surface area contributed by atoms with E-state index in [0.717, 1.165) is 6.20 Å². The Bertz CT molecular complexity index is 390. The fourth-order valence-corrected chi connectivity index (χ4v) is 1.36. The summed E-state index contributed by atoms with van der Waals surface area (Å²) in [6.07, 6.45) is -3.48. The Morgan fingerprint density at radius 3 is 2.62 bits per heavy atom. The van der Waals surface area contributed by atoms with Crippen LogP contribution in [-0.2, 0) is 11.0 Å². The first-order chi connectivity index (χ1) is 7.38. The number of nitrogens with one attached hydrogen (secondary N) is 1. The van der Waals surface area contributed by atoms with Crippen LogP contribution in [0.15, 0.2) is 18.3 Å². The molecular formula is C10H11F3N2O. The van der Waals surface area contributed by atoms with Gasteiger partial charge in [0.1, 0.15) is 5.69 Å². The lowest BCUT2D eigenvalue weighted by Crippen LogP contribution is -2.26. The number of hydrogen-bond donors (Lipinski definition) is 1. The smallest absolute Gasteiger partial charge is 0.359 e. The summed E-state index contributed by atoms with van der Waals surface area (Å²) in [6, 6.07) is 2.64. The number of nitrogens with zero attached hydrogens (tertiary/aromatic N) is 1. The summed E-state index contributed by atoms with van der Waals surface area (Å²) >= 11 is 0. The molecule has 0 spiro atoms. The maximum atomic E-state index is 12.6. The lowest BCUT2D eigenvalue weighted by molar-refractivity contribution is -0.142. The monoisotopic (exact) mass is 232 g/mol. The van der Waals surface area contributed by atoms with Crippen LogP contribution in [0, 0.1) is 0 Å². The number of pyridine rings is 1. The van der Waals surface area contributed by atoms with E-state index in [-0.39, 0.29) is 5.56 Å². The van der Waals surface area contributed by atoms with Crippen LogP contribution >= 0.6 is 0 Å². The van der Waals surface area contributed by atoms with Gasteiger partial charge >= 0.3 is 6.18 Å². The van der Waals surface area contributed by atoms with Crippen LogP contribution in [0.4, 0.5) is 13.2 Å². The topological polar surface area (TPSA) is 42.0 Å². The molecule has 16 heavy (non-hydrogen) atoms. The highest BCUT2D eigenvalue weighted by atomic mass is 19.4. The second kappa shape index (κ2) is 4.51. The second-order valence-electron chi connectivity index (χ2n) is 3.27. The zero-order chi connectivity index (χ0) is 12.3. The number of likely N-dealkylation sites (N-methyl/N-ethyl adjacent to an activating group) is 1.